The minimum atomic E-state index is -0.555. The molecular weight excluding hydrogens is 390 g/mol. The molecule has 0 saturated heterocycles. The summed E-state index contributed by atoms with van der Waals surface area (Å²) in [5.41, 5.74) is 0.955. The molecule has 0 saturated carbocycles. The Kier molecular flexibility index (Phi) is 7.39. The molecule has 8 heteroatoms. The molecule has 0 fully saturated rings. The monoisotopic (exact) mass is 417 g/mol. The quantitative estimate of drug-likeness (QED) is 0.744. The molecule has 1 heterocycles. The van der Waals surface area contributed by atoms with Crippen molar-refractivity contribution in [2.75, 3.05) is 12.4 Å². The first-order valence-electron chi connectivity index (χ1n) is 9.21. The molecule has 0 aliphatic rings. The van der Waals surface area contributed by atoms with Crippen LogP contribution in [0.4, 0.5) is 10.5 Å². The van der Waals surface area contributed by atoms with Gasteiger partial charge < -0.3 is 20.3 Å². The van der Waals surface area contributed by atoms with Gasteiger partial charge in [-0.2, -0.15) is 0 Å². The highest BCUT2D eigenvalue weighted by Gasteiger charge is 2.19. The standard InChI is InChI=1S/C21H27N3O4S/c1-14(25)22-12-17-9-10-18(29-17)19(26)23-16-8-6-7-15(11-16)13-24(5)20(27)28-21(2,3)4/h6-11H,12-13H2,1-5H3,(H,22,25)(H,23,26). The molecule has 0 radical (unpaired) electrons. The highest BCUT2D eigenvalue weighted by Crippen LogP contribution is 2.20. The Labute approximate surface area is 175 Å². The number of amides is 3. The molecule has 7 nitrogen and oxygen atoms in total. The molecule has 156 valence electrons. The van der Waals surface area contributed by atoms with Gasteiger partial charge in [-0.15, -0.1) is 11.3 Å². The number of carbonyl (C=O) groups is 3. The van der Waals surface area contributed by atoms with Crippen LogP contribution in [-0.2, 0) is 22.6 Å². The zero-order valence-electron chi connectivity index (χ0n) is 17.4. The molecule has 0 atom stereocenters. The number of anilines is 1. The van der Waals surface area contributed by atoms with Gasteiger partial charge in [0.15, 0.2) is 0 Å². The van der Waals surface area contributed by atoms with Crippen LogP contribution in [0.15, 0.2) is 36.4 Å². The van der Waals surface area contributed by atoms with Crippen LogP contribution >= 0.6 is 11.3 Å². The first kappa shape index (κ1) is 22.4. The lowest BCUT2D eigenvalue weighted by Gasteiger charge is -2.24. The Bertz CT molecular complexity index is 886. The largest absolute Gasteiger partial charge is 0.444 e. The number of nitrogens with zero attached hydrogens (tertiary/aromatic N) is 1. The van der Waals surface area contributed by atoms with Gasteiger partial charge in [-0.25, -0.2) is 4.79 Å². The van der Waals surface area contributed by atoms with Crippen molar-refractivity contribution in [3.8, 4) is 0 Å². The predicted octanol–water partition coefficient (Wildman–Crippen LogP) is 4.00. The Morgan fingerprint density at radius 3 is 2.52 bits per heavy atom. The number of nitrogens with one attached hydrogen (secondary N) is 2. The fourth-order valence-corrected chi connectivity index (χ4v) is 3.27. The fraction of sp³-hybridized carbons (Fsp3) is 0.381. The van der Waals surface area contributed by atoms with Crippen LogP contribution in [0.1, 0.15) is 47.8 Å². The van der Waals surface area contributed by atoms with Crippen molar-refractivity contribution in [3.63, 3.8) is 0 Å². The average molecular weight is 418 g/mol. The van der Waals surface area contributed by atoms with Crippen molar-refractivity contribution in [1.29, 1.82) is 0 Å². The first-order valence-corrected chi connectivity index (χ1v) is 10.0. The second-order valence-corrected chi connectivity index (χ2v) is 8.83. The zero-order valence-corrected chi connectivity index (χ0v) is 18.2. The lowest BCUT2D eigenvalue weighted by molar-refractivity contribution is -0.119. The minimum Gasteiger partial charge on any atom is -0.444 e. The molecule has 0 aliphatic carbocycles. The van der Waals surface area contributed by atoms with Crippen LogP contribution < -0.4 is 10.6 Å². The molecule has 0 spiro atoms. The molecule has 1 aromatic carbocycles. The fourth-order valence-electron chi connectivity index (χ4n) is 2.42. The van der Waals surface area contributed by atoms with E-state index in [4.69, 9.17) is 4.74 Å². The van der Waals surface area contributed by atoms with Crippen LogP contribution in [0.3, 0.4) is 0 Å². The second kappa shape index (κ2) is 9.56. The van der Waals surface area contributed by atoms with Gasteiger partial charge in [0.25, 0.3) is 5.91 Å². The molecule has 0 aliphatic heterocycles. The van der Waals surface area contributed by atoms with Crippen molar-refractivity contribution in [2.24, 2.45) is 0 Å². The molecule has 3 amide bonds. The summed E-state index contributed by atoms with van der Waals surface area (Å²) in [6.07, 6.45) is -0.405. The van der Waals surface area contributed by atoms with Crippen LogP contribution in [0, 0.1) is 0 Å². The third-order valence-corrected chi connectivity index (χ3v) is 4.79. The van der Waals surface area contributed by atoms with Gasteiger partial charge in [0.1, 0.15) is 5.60 Å². The van der Waals surface area contributed by atoms with Gasteiger partial charge in [0.05, 0.1) is 11.4 Å². The van der Waals surface area contributed by atoms with E-state index in [1.807, 2.05) is 45.0 Å². The van der Waals surface area contributed by atoms with E-state index < -0.39 is 11.7 Å². The van der Waals surface area contributed by atoms with Gasteiger partial charge in [-0.05, 0) is 50.6 Å². The van der Waals surface area contributed by atoms with Gasteiger partial charge >= 0.3 is 6.09 Å². The van der Waals surface area contributed by atoms with Crippen molar-refractivity contribution >= 4 is 34.9 Å². The summed E-state index contributed by atoms with van der Waals surface area (Å²) in [5, 5.41) is 5.58. The van der Waals surface area contributed by atoms with Gasteiger partial charge in [-0.3, -0.25) is 9.59 Å². The smallest absolute Gasteiger partial charge is 0.410 e. The number of benzene rings is 1. The van der Waals surface area contributed by atoms with Gasteiger partial charge in [-0.1, -0.05) is 12.1 Å². The number of thiophene rings is 1. The van der Waals surface area contributed by atoms with Crippen LogP contribution in [0.2, 0.25) is 0 Å². The van der Waals surface area contributed by atoms with Gasteiger partial charge in [0, 0.05) is 31.1 Å². The maximum atomic E-state index is 12.5. The van der Waals surface area contributed by atoms with Crippen LogP contribution in [0.5, 0.6) is 0 Å². The van der Waals surface area contributed by atoms with Crippen molar-refractivity contribution in [2.45, 2.75) is 46.4 Å². The highest BCUT2D eigenvalue weighted by atomic mass is 32.1. The molecule has 2 N–H and O–H groups in total. The Morgan fingerprint density at radius 1 is 1.14 bits per heavy atom. The number of carbonyl (C=O) groups excluding carboxylic acids is 3. The van der Waals surface area contributed by atoms with E-state index in [1.165, 1.54) is 23.2 Å². The summed E-state index contributed by atoms with van der Waals surface area (Å²) in [6, 6.07) is 10.9. The normalized spacial score (nSPS) is 10.9. The summed E-state index contributed by atoms with van der Waals surface area (Å²) in [5.74, 6) is -0.334. The lowest BCUT2D eigenvalue weighted by Crippen LogP contribution is -2.33. The molecule has 29 heavy (non-hydrogen) atoms. The molecule has 1 aromatic heterocycles. The highest BCUT2D eigenvalue weighted by molar-refractivity contribution is 7.14. The molecule has 0 unspecified atom stereocenters. The van der Waals surface area contributed by atoms with E-state index in [0.29, 0.717) is 23.7 Å². The SMILES string of the molecule is CC(=O)NCc1ccc(C(=O)Nc2cccc(CN(C)C(=O)OC(C)(C)C)c2)s1. The predicted molar refractivity (Wildman–Crippen MR) is 114 cm³/mol. The van der Waals surface area contributed by atoms with Crippen molar-refractivity contribution < 1.29 is 19.1 Å². The molecule has 2 rings (SSSR count). The molecular formula is C21H27N3O4S. The third kappa shape index (κ3) is 7.57. The summed E-state index contributed by atoms with van der Waals surface area (Å²) in [6.45, 7) is 7.68. The number of rotatable bonds is 6. The van der Waals surface area contributed by atoms with Crippen LogP contribution in [0.25, 0.3) is 0 Å². The van der Waals surface area contributed by atoms with Gasteiger partial charge in [0.2, 0.25) is 5.91 Å². The maximum absolute atomic E-state index is 12.5. The summed E-state index contributed by atoms with van der Waals surface area (Å²) >= 11 is 1.33. The van der Waals surface area contributed by atoms with E-state index in [0.717, 1.165) is 10.4 Å². The Balaban J connectivity index is 1.98. The first-order chi connectivity index (χ1) is 13.5. The number of ether oxygens (including phenoxy) is 1. The van der Waals surface area contributed by atoms with Crippen LogP contribution in [-0.4, -0.2) is 35.5 Å². The summed E-state index contributed by atoms with van der Waals surface area (Å²) < 4.78 is 5.35. The third-order valence-electron chi connectivity index (χ3n) is 3.71. The lowest BCUT2D eigenvalue weighted by atomic mass is 10.2. The maximum Gasteiger partial charge on any atom is 0.410 e. The number of hydrogen-bond donors (Lipinski definition) is 2. The second-order valence-electron chi connectivity index (χ2n) is 7.67. The Hall–Kier alpha value is -2.87. The summed E-state index contributed by atoms with van der Waals surface area (Å²) in [4.78, 5) is 38.6. The number of hydrogen-bond acceptors (Lipinski definition) is 5. The molecule has 2 aromatic rings. The van der Waals surface area contributed by atoms with E-state index in [-0.39, 0.29) is 11.8 Å². The minimum absolute atomic E-state index is 0.113. The topological polar surface area (TPSA) is 87.7 Å². The van der Waals surface area contributed by atoms with E-state index in [9.17, 15) is 14.4 Å². The van der Waals surface area contributed by atoms with Crippen molar-refractivity contribution in [1.82, 2.24) is 10.2 Å². The van der Waals surface area contributed by atoms with E-state index in [1.54, 1.807) is 19.2 Å². The average Bonchev–Trinajstić information content (AvgIpc) is 3.08. The molecule has 0 bridgehead atoms. The van der Waals surface area contributed by atoms with E-state index >= 15 is 0 Å². The van der Waals surface area contributed by atoms with Crippen molar-refractivity contribution in [3.05, 3.63) is 51.7 Å². The zero-order chi connectivity index (χ0) is 21.6. The summed E-state index contributed by atoms with van der Waals surface area (Å²) in [7, 11) is 1.67. The Morgan fingerprint density at radius 2 is 1.86 bits per heavy atom. The van der Waals surface area contributed by atoms with E-state index in [2.05, 4.69) is 10.6 Å².